The zero-order valence-corrected chi connectivity index (χ0v) is 7.56. The first kappa shape index (κ1) is 7.60. The van der Waals surface area contributed by atoms with Gasteiger partial charge in [0.2, 0.25) is 0 Å². The maximum absolute atomic E-state index is 10.2. The van der Waals surface area contributed by atoms with Crippen molar-refractivity contribution in [2.75, 3.05) is 0 Å². The average molecular weight is 154 g/mol. The molecule has 1 unspecified atom stereocenters. The Balaban J connectivity index is 2.06. The Bertz CT molecular complexity index is 170. The summed E-state index contributed by atoms with van der Waals surface area (Å²) in [5.41, 5.74) is 0.140. The lowest BCUT2D eigenvalue weighted by Gasteiger charge is -2.24. The minimum absolute atomic E-state index is 0.260. The van der Waals surface area contributed by atoms with Crippen LogP contribution in [0.15, 0.2) is 0 Å². The molecule has 0 aromatic heterocycles. The summed E-state index contributed by atoms with van der Waals surface area (Å²) in [7, 11) is 0. The van der Waals surface area contributed by atoms with Gasteiger partial charge < -0.3 is 5.11 Å². The molecule has 2 fully saturated rings. The topological polar surface area (TPSA) is 20.2 Å². The molecule has 2 saturated carbocycles. The first-order chi connectivity index (χ1) is 5.02. The standard InChI is InChI=1S/C10H18O/c1-9(2)5-6-10(11,7-9)8-3-4-8/h8,11H,3-7H2,1-2H3. The van der Waals surface area contributed by atoms with Crippen LogP contribution in [0.3, 0.4) is 0 Å². The minimum Gasteiger partial charge on any atom is -0.390 e. The molecule has 1 heteroatoms. The van der Waals surface area contributed by atoms with E-state index >= 15 is 0 Å². The van der Waals surface area contributed by atoms with Gasteiger partial charge in [-0.15, -0.1) is 0 Å². The van der Waals surface area contributed by atoms with Gasteiger partial charge >= 0.3 is 0 Å². The fourth-order valence-corrected chi connectivity index (χ4v) is 2.53. The normalized spacial score (nSPS) is 42.8. The van der Waals surface area contributed by atoms with Gasteiger partial charge in [-0.3, -0.25) is 0 Å². The van der Waals surface area contributed by atoms with E-state index in [9.17, 15) is 5.11 Å². The summed E-state index contributed by atoms with van der Waals surface area (Å²) in [6.45, 7) is 4.54. The SMILES string of the molecule is CC1(C)CCC(O)(C2CC2)C1. The summed E-state index contributed by atoms with van der Waals surface area (Å²) in [4.78, 5) is 0. The van der Waals surface area contributed by atoms with Gasteiger partial charge in [0.15, 0.2) is 0 Å². The third kappa shape index (κ3) is 1.31. The molecule has 1 nitrogen and oxygen atoms in total. The van der Waals surface area contributed by atoms with Gasteiger partial charge in [0.05, 0.1) is 5.60 Å². The van der Waals surface area contributed by atoms with Crippen molar-refractivity contribution in [2.24, 2.45) is 11.3 Å². The van der Waals surface area contributed by atoms with Crippen LogP contribution in [-0.2, 0) is 0 Å². The highest BCUT2D eigenvalue weighted by Gasteiger charge is 2.50. The second-order valence-corrected chi connectivity index (χ2v) is 5.22. The average Bonchev–Trinajstić information content (AvgIpc) is 2.61. The summed E-state index contributed by atoms with van der Waals surface area (Å²) in [5.74, 6) is 0.657. The number of hydrogen-bond donors (Lipinski definition) is 1. The van der Waals surface area contributed by atoms with Crippen molar-refractivity contribution < 1.29 is 5.11 Å². The van der Waals surface area contributed by atoms with E-state index in [-0.39, 0.29) is 5.60 Å². The van der Waals surface area contributed by atoms with Gasteiger partial charge in [-0.05, 0) is 43.4 Å². The Hall–Kier alpha value is -0.0400. The molecular weight excluding hydrogens is 136 g/mol. The van der Waals surface area contributed by atoms with E-state index in [2.05, 4.69) is 13.8 Å². The molecular formula is C10H18O. The highest BCUT2D eigenvalue weighted by Crippen LogP contribution is 2.53. The van der Waals surface area contributed by atoms with E-state index in [1.807, 2.05) is 0 Å². The molecule has 0 aliphatic heterocycles. The molecule has 0 saturated heterocycles. The monoisotopic (exact) mass is 154 g/mol. The Morgan fingerprint density at radius 2 is 1.82 bits per heavy atom. The van der Waals surface area contributed by atoms with Crippen molar-refractivity contribution in [3.63, 3.8) is 0 Å². The highest BCUT2D eigenvalue weighted by atomic mass is 16.3. The molecule has 0 aromatic rings. The number of hydrogen-bond acceptors (Lipinski definition) is 1. The Morgan fingerprint density at radius 3 is 2.18 bits per heavy atom. The van der Waals surface area contributed by atoms with Crippen LogP contribution in [0.2, 0.25) is 0 Å². The minimum atomic E-state index is -0.260. The van der Waals surface area contributed by atoms with Gasteiger partial charge in [-0.25, -0.2) is 0 Å². The van der Waals surface area contributed by atoms with Crippen LogP contribution in [0.1, 0.15) is 46.0 Å². The summed E-state index contributed by atoms with van der Waals surface area (Å²) < 4.78 is 0. The lowest BCUT2D eigenvalue weighted by Crippen LogP contribution is -2.28. The summed E-state index contributed by atoms with van der Waals surface area (Å²) in [6.07, 6.45) is 5.83. The van der Waals surface area contributed by atoms with Crippen molar-refractivity contribution in [1.29, 1.82) is 0 Å². The van der Waals surface area contributed by atoms with E-state index < -0.39 is 0 Å². The maximum atomic E-state index is 10.2. The van der Waals surface area contributed by atoms with Crippen LogP contribution in [0.5, 0.6) is 0 Å². The van der Waals surface area contributed by atoms with Crippen molar-refractivity contribution in [2.45, 2.75) is 51.6 Å². The second-order valence-electron chi connectivity index (χ2n) is 5.22. The number of rotatable bonds is 1. The van der Waals surface area contributed by atoms with Crippen LogP contribution in [-0.4, -0.2) is 10.7 Å². The van der Waals surface area contributed by atoms with Crippen molar-refractivity contribution in [1.82, 2.24) is 0 Å². The Labute approximate surface area is 68.8 Å². The Morgan fingerprint density at radius 1 is 1.18 bits per heavy atom. The van der Waals surface area contributed by atoms with Crippen molar-refractivity contribution in [3.05, 3.63) is 0 Å². The molecule has 11 heavy (non-hydrogen) atoms. The lowest BCUT2D eigenvalue weighted by atomic mass is 9.87. The smallest absolute Gasteiger partial charge is 0.0681 e. The van der Waals surface area contributed by atoms with Crippen LogP contribution in [0.4, 0.5) is 0 Å². The molecule has 1 N–H and O–H groups in total. The molecule has 0 amide bonds. The molecule has 0 spiro atoms. The van der Waals surface area contributed by atoms with Gasteiger partial charge in [0, 0.05) is 0 Å². The quantitative estimate of drug-likeness (QED) is 0.614. The van der Waals surface area contributed by atoms with E-state index in [1.54, 1.807) is 0 Å². The maximum Gasteiger partial charge on any atom is 0.0681 e. The van der Waals surface area contributed by atoms with Gasteiger partial charge in [-0.1, -0.05) is 13.8 Å². The molecule has 0 bridgehead atoms. The molecule has 0 aromatic carbocycles. The fraction of sp³-hybridized carbons (Fsp3) is 1.00. The predicted molar refractivity (Wildman–Crippen MR) is 45.3 cm³/mol. The first-order valence-electron chi connectivity index (χ1n) is 4.74. The van der Waals surface area contributed by atoms with Crippen LogP contribution in [0, 0.1) is 11.3 Å². The Kier molecular flexibility index (Phi) is 1.39. The van der Waals surface area contributed by atoms with Crippen LogP contribution >= 0.6 is 0 Å². The third-order valence-corrected chi connectivity index (χ3v) is 3.36. The molecule has 64 valence electrons. The van der Waals surface area contributed by atoms with Gasteiger partial charge in [0.25, 0.3) is 0 Å². The molecule has 0 heterocycles. The van der Waals surface area contributed by atoms with E-state index in [4.69, 9.17) is 0 Å². The zero-order chi connectivity index (χ0) is 8.11. The van der Waals surface area contributed by atoms with Crippen molar-refractivity contribution >= 4 is 0 Å². The van der Waals surface area contributed by atoms with E-state index in [0.29, 0.717) is 11.3 Å². The molecule has 0 radical (unpaired) electrons. The molecule has 2 aliphatic carbocycles. The van der Waals surface area contributed by atoms with Crippen LogP contribution < -0.4 is 0 Å². The van der Waals surface area contributed by atoms with Crippen LogP contribution in [0.25, 0.3) is 0 Å². The van der Waals surface area contributed by atoms with Crippen molar-refractivity contribution in [3.8, 4) is 0 Å². The fourth-order valence-electron chi connectivity index (χ4n) is 2.53. The zero-order valence-electron chi connectivity index (χ0n) is 7.56. The third-order valence-electron chi connectivity index (χ3n) is 3.36. The largest absolute Gasteiger partial charge is 0.390 e. The van der Waals surface area contributed by atoms with Gasteiger partial charge in [-0.2, -0.15) is 0 Å². The first-order valence-corrected chi connectivity index (χ1v) is 4.74. The summed E-state index contributed by atoms with van der Waals surface area (Å²) in [6, 6.07) is 0. The summed E-state index contributed by atoms with van der Waals surface area (Å²) >= 11 is 0. The summed E-state index contributed by atoms with van der Waals surface area (Å²) in [5, 5.41) is 10.2. The molecule has 2 rings (SSSR count). The molecule has 2 aliphatic rings. The number of aliphatic hydroxyl groups is 1. The second kappa shape index (κ2) is 2.01. The predicted octanol–water partition coefficient (Wildman–Crippen LogP) is 2.34. The van der Waals surface area contributed by atoms with E-state index in [0.717, 1.165) is 12.8 Å². The highest BCUT2D eigenvalue weighted by molar-refractivity contribution is 5.02. The van der Waals surface area contributed by atoms with E-state index in [1.165, 1.54) is 19.3 Å². The lowest BCUT2D eigenvalue weighted by molar-refractivity contribution is 0.0152. The molecule has 1 atom stereocenters. The van der Waals surface area contributed by atoms with Gasteiger partial charge in [0.1, 0.15) is 0 Å².